The number of thioether (sulfide) groups is 1. The Kier molecular flexibility index (Phi) is 3.61. The standard InChI is InChI=1S/C10H11N5OS/c11-9(15-16)8-3-1-7(2-4-8)5-17-10-12-6-13-14-10/h1-4,6,16H,5H2,(H2,11,15)(H,12,13,14). The number of amidine groups is 1. The third-order valence-corrected chi connectivity index (χ3v) is 3.07. The molecule has 0 amide bonds. The van der Waals surface area contributed by atoms with Gasteiger partial charge in [-0.05, 0) is 5.56 Å². The van der Waals surface area contributed by atoms with Crippen LogP contribution in [0.2, 0.25) is 0 Å². The Morgan fingerprint density at radius 3 is 2.76 bits per heavy atom. The summed E-state index contributed by atoms with van der Waals surface area (Å²) in [5.41, 5.74) is 7.29. The highest BCUT2D eigenvalue weighted by Gasteiger charge is 2.01. The Bertz CT molecular complexity index is 494. The van der Waals surface area contributed by atoms with Crippen molar-refractivity contribution in [1.82, 2.24) is 15.2 Å². The van der Waals surface area contributed by atoms with E-state index in [-0.39, 0.29) is 5.84 Å². The van der Waals surface area contributed by atoms with Crippen LogP contribution in [0, 0.1) is 0 Å². The van der Waals surface area contributed by atoms with Gasteiger partial charge >= 0.3 is 0 Å². The minimum Gasteiger partial charge on any atom is -0.409 e. The van der Waals surface area contributed by atoms with Gasteiger partial charge in [0.15, 0.2) is 11.0 Å². The van der Waals surface area contributed by atoms with Gasteiger partial charge in [-0.2, -0.15) is 5.10 Å². The number of nitrogens with one attached hydrogen (secondary N) is 1. The van der Waals surface area contributed by atoms with E-state index in [0.717, 1.165) is 16.5 Å². The van der Waals surface area contributed by atoms with E-state index < -0.39 is 0 Å². The third kappa shape index (κ3) is 2.97. The second-order valence-electron chi connectivity index (χ2n) is 3.26. The average Bonchev–Trinajstić information content (AvgIpc) is 2.89. The van der Waals surface area contributed by atoms with Gasteiger partial charge in [-0.25, -0.2) is 4.98 Å². The van der Waals surface area contributed by atoms with Crippen molar-refractivity contribution >= 4 is 17.6 Å². The highest BCUT2D eigenvalue weighted by atomic mass is 32.2. The maximum absolute atomic E-state index is 8.53. The van der Waals surface area contributed by atoms with Crippen LogP contribution < -0.4 is 5.73 Å². The summed E-state index contributed by atoms with van der Waals surface area (Å²) in [6.07, 6.45) is 1.48. The number of aromatic nitrogens is 3. The van der Waals surface area contributed by atoms with E-state index in [9.17, 15) is 0 Å². The van der Waals surface area contributed by atoms with E-state index in [1.807, 2.05) is 24.3 Å². The van der Waals surface area contributed by atoms with E-state index in [1.54, 1.807) is 11.8 Å². The number of hydrogen-bond acceptors (Lipinski definition) is 5. The van der Waals surface area contributed by atoms with Crippen molar-refractivity contribution in [3.05, 3.63) is 41.7 Å². The molecule has 0 atom stereocenters. The normalized spacial score (nSPS) is 11.6. The zero-order valence-electron chi connectivity index (χ0n) is 8.87. The SMILES string of the molecule is N/C(=N\O)c1ccc(CSc2ncn[nH]2)cc1. The lowest BCUT2D eigenvalue weighted by Crippen LogP contribution is -2.12. The molecule has 0 fully saturated rings. The van der Waals surface area contributed by atoms with Gasteiger partial charge in [0.05, 0.1) is 0 Å². The van der Waals surface area contributed by atoms with Gasteiger partial charge in [0.25, 0.3) is 0 Å². The van der Waals surface area contributed by atoms with E-state index in [0.29, 0.717) is 5.56 Å². The molecule has 0 saturated carbocycles. The van der Waals surface area contributed by atoms with Gasteiger partial charge in [-0.1, -0.05) is 41.2 Å². The first kappa shape index (κ1) is 11.5. The lowest BCUT2D eigenvalue weighted by Gasteiger charge is -2.01. The number of rotatable bonds is 4. The predicted molar refractivity (Wildman–Crippen MR) is 64.9 cm³/mol. The zero-order chi connectivity index (χ0) is 12.1. The highest BCUT2D eigenvalue weighted by Crippen LogP contribution is 2.18. The molecule has 2 rings (SSSR count). The predicted octanol–water partition coefficient (Wildman–Crippen LogP) is 1.19. The smallest absolute Gasteiger partial charge is 0.183 e. The summed E-state index contributed by atoms with van der Waals surface area (Å²) in [5, 5.41) is 18.8. The van der Waals surface area contributed by atoms with Crippen LogP contribution in [-0.2, 0) is 5.75 Å². The summed E-state index contributed by atoms with van der Waals surface area (Å²) < 4.78 is 0. The van der Waals surface area contributed by atoms with Gasteiger partial charge in [0.2, 0.25) is 0 Å². The highest BCUT2D eigenvalue weighted by molar-refractivity contribution is 7.98. The Balaban J connectivity index is 1.99. The molecule has 7 heteroatoms. The molecule has 88 valence electrons. The minimum atomic E-state index is 0.111. The second-order valence-corrected chi connectivity index (χ2v) is 4.23. The van der Waals surface area contributed by atoms with Gasteiger partial charge in [-0.3, -0.25) is 5.10 Å². The van der Waals surface area contributed by atoms with Crippen LogP contribution in [0.15, 0.2) is 40.9 Å². The topological polar surface area (TPSA) is 100 Å². The van der Waals surface area contributed by atoms with Gasteiger partial charge in [-0.15, -0.1) is 0 Å². The van der Waals surface area contributed by atoms with E-state index in [1.165, 1.54) is 6.33 Å². The van der Waals surface area contributed by atoms with Crippen molar-refractivity contribution < 1.29 is 5.21 Å². The van der Waals surface area contributed by atoms with E-state index >= 15 is 0 Å². The van der Waals surface area contributed by atoms with Crippen molar-refractivity contribution in [1.29, 1.82) is 0 Å². The maximum Gasteiger partial charge on any atom is 0.183 e. The monoisotopic (exact) mass is 249 g/mol. The Labute approximate surface area is 102 Å². The summed E-state index contributed by atoms with van der Waals surface area (Å²) in [4.78, 5) is 4.01. The number of nitrogens with zero attached hydrogens (tertiary/aromatic N) is 3. The van der Waals surface area contributed by atoms with Crippen molar-refractivity contribution in [2.75, 3.05) is 0 Å². The zero-order valence-corrected chi connectivity index (χ0v) is 9.68. The Hall–Kier alpha value is -2.02. The first-order chi connectivity index (χ1) is 8.29. The Morgan fingerprint density at radius 2 is 2.18 bits per heavy atom. The molecule has 4 N–H and O–H groups in total. The number of benzene rings is 1. The van der Waals surface area contributed by atoms with Crippen LogP contribution in [0.5, 0.6) is 0 Å². The minimum absolute atomic E-state index is 0.111. The second kappa shape index (κ2) is 5.35. The van der Waals surface area contributed by atoms with E-state index in [2.05, 4.69) is 20.3 Å². The molecule has 0 aliphatic heterocycles. The lowest BCUT2D eigenvalue weighted by atomic mass is 10.1. The molecule has 0 bridgehead atoms. The number of hydrogen-bond donors (Lipinski definition) is 3. The van der Waals surface area contributed by atoms with Gasteiger partial charge in [0.1, 0.15) is 6.33 Å². The fraction of sp³-hybridized carbons (Fsp3) is 0.100. The molecule has 0 saturated heterocycles. The quantitative estimate of drug-likeness (QED) is 0.248. The van der Waals surface area contributed by atoms with Gasteiger partial charge < -0.3 is 10.9 Å². The molecule has 17 heavy (non-hydrogen) atoms. The van der Waals surface area contributed by atoms with Crippen molar-refractivity contribution in [3.63, 3.8) is 0 Å². The number of H-pyrrole nitrogens is 1. The summed E-state index contributed by atoms with van der Waals surface area (Å²) in [7, 11) is 0. The summed E-state index contributed by atoms with van der Waals surface area (Å²) >= 11 is 1.56. The number of oxime groups is 1. The van der Waals surface area contributed by atoms with Crippen molar-refractivity contribution in [3.8, 4) is 0 Å². The molecule has 0 aliphatic rings. The fourth-order valence-corrected chi connectivity index (χ4v) is 1.98. The molecule has 0 radical (unpaired) electrons. The molecule has 0 unspecified atom stereocenters. The molecule has 1 aromatic carbocycles. The molecule has 0 spiro atoms. The summed E-state index contributed by atoms with van der Waals surface area (Å²) in [6, 6.07) is 7.48. The van der Waals surface area contributed by atoms with E-state index in [4.69, 9.17) is 10.9 Å². The van der Waals surface area contributed by atoms with Crippen LogP contribution in [0.4, 0.5) is 0 Å². The van der Waals surface area contributed by atoms with Crippen molar-refractivity contribution in [2.24, 2.45) is 10.9 Å². The van der Waals surface area contributed by atoms with Gasteiger partial charge in [0, 0.05) is 11.3 Å². The lowest BCUT2D eigenvalue weighted by molar-refractivity contribution is 0.318. The van der Waals surface area contributed by atoms with Crippen molar-refractivity contribution in [2.45, 2.75) is 10.9 Å². The van der Waals surface area contributed by atoms with Crippen LogP contribution >= 0.6 is 11.8 Å². The average molecular weight is 249 g/mol. The molecular formula is C10H11N5OS. The third-order valence-electron chi connectivity index (χ3n) is 2.13. The Morgan fingerprint density at radius 1 is 1.41 bits per heavy atom. The molecule has 1 heterocycles. The molecule has 1 aromatic heterocycles. The summed E-state index contributed by atoms with van der Waals surface area (Å²) in [5.74, 6) is 0.894. The molecule has 0 aliphatic carbocycles. The summed E-state index contributed by atoms with van der Waals surface area (Å²) in [6.45, 7) is 0. The van der Waals surface area contributed by atoms with Crippen LogP contribution in [0.1, 0.15) is 11.1 Å². The molecule has 2 aromatic rings. The number of aromatic amines is 1. The largest absolute Gasteiger partial charge is 0.409 e. The molecular weight excluding hydrogens is 238 g/mol. The van der Waals surface area contributed by atoms with Crippen LogP contribution in [0.3, 0.4) is 0 Å². The number of nitrogens with two attached hydrogens (primary N) is 1. The fourth-order valence-electron chi connectivity index (χ4n) is 1.24. The molecule has 6 nitrogen and oxygen atoms in total. The first-order valence-corrected chi connectivity index (χ1v) is 5.83. The van der Waals surface area contributed by atoms with Crippen LogP contribution in [-0.4, -0.2) is 26.2 Å². The van der Waals surface area contributed by atoms with Crippen LogP contribution in [0.25, 0.3) is 0 Å². The maximum atomic E-state index is 8.53. The first-order valence-electron chi connectivity index (χ1n) is 4.84.